The second-order valence-electron chi connectivity index (χ2n) is 8.00. The zero-order valence-corrected chi connectivity index (χ0v) is 15.4. The Bertz CT molecular complexity index is 625. The van der Waals surface area contributed by atoms with Crippen LogP contribution in [0.4, 0.5) is 0 Å². The fraction of sp³-hybridized carbons (Fsp3) is 0.789. The molecule has 1 aliphatic carbocycles. The van der Waals surface area contributed by atoms with Crippen LogP contribution in [0, 0.1) is 0 Å². The van der Waals surface area contributed by atoms with Crippen LogP contribution in [0.3, 0.4) is 0 Å². The fourth-order valence-electron chi connectivity index (χ4n) is 4.69. The van der Waals surface area contributed by atoms with Crippen molar-refractivity contribution in [2.24, 2.45) is 7.05 Å². The monoisotopic (exact) mass is 345 g/mol. The van der Waals surface area contributed by atoms with Crippen molar-refractivity contribution in [3.05, 3.63) is 28.4 Å². The molecular formula is C19H31N5O. The lowest BCUT2D eigenvalue weighted by atomic mass is 9.93. The smallest absolute Gasteiger partial charge is 0.273 e. The van der Waals surface area contributed by atoms with Gasteiger partial charge in [0, 0.05) is 77.3 Å². The second kappa shape index (κ2) is 7.56. The maximum Gasteiger partial charge on any atom is 0.273 e. The molecule has 6 heteroatoms. The molecule has 3 fully saturated rings. The summed E-state index contributed by atoms with van der Waals surface area (Å²) in [4.78, 5) is 24.1. The lowest BCUT2D eigenvalue weighted by Crippen LogP contribution is -2.63. The molecule has 3 heterocycles. The van der Waals surface area contributed by atoms with E-state index in [4.69, 9.17) is 0 Å². The van der Waals surface area contributed by atoms with E-state index in [1.54, 1.807) is 24.0 Å². The number of likely N-dealkylation sites (tertiary alicyclic amines) is 1. The number of hydrogen-bond acceptors (Lipinski definition) is 5. The van der Waals surface area contributed by atoms with Gasteiger partial charge in [-0.2, -0.15) is 0 Å². The summed E-state index contributed by atoms with van der Waals surface area (Å²) in [5.74, 6) is 0. The number of rotatable bonds is 4. The Kier molecular flexibility index (Phi) is 5.20. The van der Waals surface area contributed by atoms with Gasteiger partial charge in [-0.1, -0.05) is 19.3 Å². The molecule has 138 valence electrons. The van der Waals surface area contributed by atoms with Crippen LogP contribution in [0.15, 0.2) is 17.2 Å². The van der Waals surface area contributed by atoms with Crippen LogP contribution in [0.5, 0.6) is 0 Å². The number of hydrogen-bond donors (Lipinski definition) is 0. The SMILES string of the molecule is Cn1ccnc(CN2CC(N3CCN(C4CCCCC4)CC3)C2)c1=O. The highest BCUT2D eigenvalue weighted by atomic mass is 16.1. The standard InChI is InChI=1S/C19H31N5O/c1-21-8-7-20-18(19(21)25)15-22-13-17(14-22)24-11-9-23(10-12-24)16-5-3-2-4-6-16/h7-8,16-17H,2-6,9-15H2,1H3. The Labute approximate surface area is 150 Å². The molecule has 1 aromatic heterocycles. The molecule has 0 N–H and O–H groups in total. The molecule has 0 unspecified atom stereocenters. The highest BCUT2D eigenvalue weighted by molar-refractivity contribution is 5.00. The third kappa shape index (κ3) is 3.81. The van der Waals surface area contributed by atoms with Crippen molar-refractivity contribution in [3.8, 4) is 0 Å². The van der Waals surface area contributed by atoms with Gasteiger partial charge in [-0.25, -0.2) is 0 Å². The topological polar surface area (TPSA) is 44.6 Å². The van der Waals surface area contributed by atoms with Crippen LogP contribution >= 0.6 is 0 Å². The third-order valence-electron chi connectivity index (χ3n) is 6.36. The molecule has 0 bridgehead atoms. The molecule has 0 spiro atoms. The molecule has 6 nitrogen and oxygen atoms in total. The molecule has 25 heavy (non-hydrogen) atoms. The lowest BCUT2D eigenvalue weighted by molar-refractivity contribution is -0.0110. The van der Waals surface area contributed by atoms with E-state index in [-0.39, 0.29) is 5.56 Å². The normalized spacial score (nSPS) is 25.2. The van der Waals surface area contributed by atoms with Gasteiger partial charge >= 0.3 is 0 Å². The summed E-state index contributed by atoms with van der Waals surface area (Å²) in [5, 5.41) is 0. The molecule has 0 radical (unpaired) electrons. The summed E-state index contributed by atoms with van der Waals surface area (Å²) in [5.41, 5.74) is 0.706. The summed E-state index contributed by atoms with van der Waals surface area (Å²) in [6.07, 6.45) is 10.6. The summed E-state index contributed by atoms with van der Waals surface area (Å²) >= 11 is 0. The van der Waals surface area contributed by atoms with E-state index in [1.165, 1.54) is 58.3 Å². The van der Waals surface area contributed by atoms with Crippen molar-refractivity contribution in [2.75, 3.05) is 39.3 Å². The van der Waals surface area contributed by atoms with E-state index >= 15 is 0 Å². The highest BCUT2D eigenvalue weighted by Gasteiger charge is 2.35. The van der Waals surface area contributed by atoms with Crippen LogP contribution in [-0.2, 0) is 13.6 Å². The quantitative estimate of drug-likeness (QED) is 0.812. The molecule has 3 aliphatic rings. The lowest BCUT2D eigenvalue weighted by Gasteiger charge is -2.49. The van der Waals surface area contributed by atoms with E-state index in [0.29, 0.717) is 18.3 Å². The van der Waals surface area contributed by atoms with Crippen LogP contribution in [0.2, 0.25) is 0 Å². The molecular weight excluding hydrogens is 314 g/mol. The van der Waals surface area contributed by atoms with E-state index < -0.39 is 0 Å². The van der Waals surface area contributed by atoms with Crippen molar-refractivity contribution in [1.82, 2.24) is 24.3 Å². The number of piperazine rings is 1. The maximum absolute atomic E-state index is 12.1. The number of aryl methyl sites for hydroxylation is 1. The summed E-state index contributed by atoms with van der Waals surface area (Å²) in [6.45, 7) is 7.73. The van der Waals surface area contributed by atoms with Crippen LogP contribution in [-0.4, -0.2) is 75.6 Å². The van der Waals surface area contributed by atoms with Gasteiger partial charge in [0.2, 0.25) is 0 Å². The predicted octanol–water partition coefficient (Wildman–Crippen LogP) is 0.915. The first-order chi connectivity index (χ1) is 12.2. The number of aromatic nitrogens is 2. The third-order valence-corrected chi connectivity index (χ3v) is 6.36. The molecule has 0 atom stereocenters. The van der Waals surface area contributed by atoms with Crippen molar-refractivity contribution in [2.45, 2.75) is 50.7 Å². The Morgan fingerprint density at radius 2 is 1.64 bits per heavy atom. The first-order valence-corrected chi connectivity index (χ1v) is 9.91. The molecule has 1 aromatic rings. The largest absolute Gasteiger partial charge is 0.315 e. The first-order valence-electron chi connectivity index (χ1n) is 9.91. The minimum Gasteiger partial charge on any atom is -0.315 e. The van der Waals surface area contributed by atoms with Crippen LogP contribution in [0.25, 0.3) is 0 Å². The first kappa shape index (κ1) is 17.2. The minimum absolute atomic E-state index is 0.0343. The van der Waals surface area contributed by atoms with Crippen LogP contribution < -0.4 is 5.56 Å². The van der Waals surface area contributed by atoms with Gasteiger partial charge in [0.1, 0.15) is 5.69 Å². The molecule has 0 amide bonds. The summed E-state index contributed by atoms with van der Waals surface area (Å²) in [6, 6.07) is 1.52. The van der Waals surface area contributed by atoms with Gasteiger partial charge in [0.15, 0.2) is 0 Å². The summed E-state index contributed by atoms with van der Waals surface area (Å²) < 4.78 is 1.62. The zero-order chi connectivity index (χ0) is 17.2. The Balaban J connectivity index is 1.22. The van der Waals surface area contributed by atoms with E-state index in [9.17, 15) is 4.79 Å². The molecule has 1 saturated carbocycles. The van der Waals surface area contributed by atoms with E-state index in [0.717, 1.165) is 19.1 Å². The van der Waals surface area contributed by atoms with Crippen LogP contribution in [0.1, 0.15) is 37.8 Å². The fourth-order valence-corrected chi connectivity index (χ4v) is 4.69. The van der Waals surface area contributed by atoms with Gasteiger partial charge < -0.3 is 4.57 Å². The molecule has 4 rings (SSSR count). The number of nitrogens with zero attached hydrogens (tertiary/aromatic N) is 5. The summed E-state index contributed by atoms with van der Waals surface area (Å²) in [7, 11) is 1.79. The Hall–Kier alpha value is -1.24. The van der Waals surface area contributed by atoms with Gasteiger partial charge in [-0.3, -0.25) is 24.5 Å². The van der Waals surface area contributed by atoms with E-state index in [2.05, 4.69) is 19.7 Å². The van der Waals surface area contributed by atoms with Gasteiger partial charge in [0.25, 0.3) is 5.56 Å². The van der Waals surface area contributed by atoms with Gasteiger partial charge in [-0.15, -0.1) is 0 Å². The van der Waals surface area contributed by atoms with Crippen molar-refractivity contribution < 1.29 is 0 Å². The van der Waals surface area contributed by atoms with Crippen molar-refractivity contribution >= 4 is 0 Å². The average molecular weight is 345 g/mol. The Morgan fingerprint density at radius 3 is 2.32 bits per heavy atom. The predicted molar refractivity (Wildman–Crippen MR) is 98.6 cm³/mol. The van der Waals surface area contributed by atoms with E-state index in [1.807, 2.05) is 0 Å². The van der Waals surface area contributed by atoms with Crippen molar-refractivity contribution in [1.29, 1.82) is 0 Å². The molecule has 2 aliphatic heterocycles. The minimum atomic E-state index is 0.0343. The van der Waals surface area contributed by atoms with Crippen molar-refractivity contribution in [3.63, 3.8) is 0 Å². The highest BCUT2D eigenvalue weighted by Crippen LogP contribution is 2.25. The molecule has 0 aromatic carbocycles. The Morgan fingerprint density at radius 1 is 1.00 bits per heavy atom. The molecule has 2 saturated heterocycles. The average Bonchev–Trinajstić information content (AvgIpc) is 2.62. The second-order valence-corrected chi connectivity index (χ2v) is 8.00. The zero-order valence-electron chi connectivity index (χ0n) is 15.4. The van der Waals surface area contributed by atoms with Gasteiger partial charge in [0.05, 0.1) is 0 Å². The van der Waals surface area contributed by atoms with Gasteiger partial charge in [-0.05, 0) is 12.8 Å². The maximum atomic E-state index is 12.1.